The Kier molecular flexibility index (Phi) is 6.63. The standard InChI is InChI=1S/C22H22ClFN2O3S/c1-12-19(13(2)27)20(25-22(30)26(12)3)14-7-5-10-18(28-4)21(14)29-11-15-16(23)8-6-9-17(15)24/h5-10,20H,11H2,1-4H3,(H,25,30). The van der Waals surface area contributed by atoms with E-state index in [9.17, 15) is 9.18 Å². The van der Waals surface area contributed by atoms with Gasteiger partial charge in [-0.2, -0.15) is 0 Å². The third-order valence-corrected chi connectivity index (χ3v) is 5.84. The van der Waals surface area contributed by atoms with Gasteiger partial charge in [-0.05, 0) is 44.3 Å². The van der Waals surface area contributed by atoms with Crippen molar-refractivity contribution in [2.24, 2.45) is 0 Å². The van der Waals surface area contributed by atoms with E-state index in [0.29, 0.717) is 27.7 Å². The van der Waals surface area contributed by atoms with Gasteiger partial charge in [-0.25, -0.2) is 4.39 Å². The average Bonchev–Trinajstić information content (AvgIpc) is 2.71. The third kappa shape index (κ3) is 4.13. The topological polar surface area (TPSA) is 50.8 Å². The van der Waals surface area contributed by atoms with E-state index in [1.165, 1.54) is 26.2 Å². The number of ketones is 1. The molecule has 0 aliphatic carbocycles. The molecule has 0 amide bonds. The summed E-state index contributed by atoms with van der Waals surface area (Å²) in [6.45, 7) is 3.25. The normalized spacial score (nSPS) is 16.4. The summed E-state index contributed by atoms with van der Waals surface area (Å²) in [6, 6.07) is 9.28. The maximum Gasteiger partial charge on any atom is 0.173 e. The van der Waals surface area contributed by atoms with E-state index in [1.54, 1.807) is 30.1 Å². The van der Waals surface area contributed by atoms with Gasteiger partial charge in [0.15, 0.2) is 22.4 Å². The van der Waals surface area contributed by atoms with Crippen molar-refractivity contribution in [2.45, 2.75) is 26.5 Å². The molecule has 1 unspecified atom stereocenters. The van der Waals surface area contributed by atoms with Crippen LogP contribution >= 0.6 is 23.8 Å². The highest BCUT2D eigenvalue weighted by Crippen LogP contribution is 2.41. The average molecular weight is 449 g/mol. The molecule has 0 bridgehead atoms. The number of methoxy groups -OCH3 is 1. The zero-order chi connectivity index (χ0) is 22.0. The number of hydrogen-bond acceptors (Lipinski definition) is 4. The first-order valence-electron chi connectivity index (χ1n) is 9.24. The van der Waals surface area contributed by atoms with Crippen molar-refractivity contribution >= 4 is 34.7 Å². The Bertz CT molecular complexity index is 1020. The Morgan fingerprint density at radius 1 is 1.30 bits per heavy atom. The van der Waals surface area contributed by atoms with E-state index >= 15 is 0 Å². The Morgan fingerprint density at radius 2 is 2.00 bits per heavy atom. The van der Waals surface area contributed by atoms with Gasteiger partial charge in [-0.3, -0.25) is 4.79 Å². The number of thiocarbonyl (C=S) groups is 1. The number of benzene rings is 2. The van der Waals surface area contributed by atoms with Gasteiger partial charge in [0.05, 0.1) is 18.2 Å². The highest BCUT2D eigenvalue weighted by molar-refractivity contribution is 7.80. The van der Waals surface area contributed by atoms with Crippen LogP contribution in [-0.2, 0) is 11.4 Å². The molecule has 1 aliphatic rings. The van der Waals surface area contributed by atoms with E-state index in [0.717, 1.165) is 5.70 Å². The van der Waals surface area contributed by atoms with Gasteiger partial charge in [0.1, 0.15) is 12.4 Å². The molecule has 0 radical (unpaired) electrons. The third-order valence-electron chi connectivity index (χ3n) is 5.10. The molecule has 30 heavy (non-hydrogen) atoms. The van der Waals surface area contributed by atoms with Gasteiger partial charge in [-0.15, -0.1) is 0 Å². The molecule has 2 aromatic rings. The van der Waals surface area contributed by atoms with Crippen molar-refractivity contribution in [3.8, 4) is 11.5 Å². The SMILES string of the molecule is COc1cccc(C2NC(=S)N(C)C(C)=C2C(C)=O)c1OCc1c(F)cccc1Cl. The molecule has 0 fully saturated rings. The zero-order valence-electron chi connectivity index (χ0n) is 17.1. The number of halogens is 2. The molecule has 158 valence electrons. The maximum absolute atomic E-state index is 14.2. The number of nitrogens with zero attached hydrogens (tertiary/aromatic N) is 1. The van der Waals surface area contributed by atoms with Gasteiger partial charge in [-0.1, -0.05) is 29.8 Å². The number of hydrogen-bond donors (Lipinski definition) is 1. The fourth-order valence-electron chi connectivity index (χ4n) is 3.42. The first kappa shape index (κ1) is 22.1. The van der Waals surface area contributed by atoms with Crippen LogP contribution in [-0.4, -0.2) is 30.0 Å². The predicted molar refractivity (Wildman–Crippen MR) is 118 cm³/mol. The number of Topliss-reactive ketones (excluding diaryl/α,β-unsaturated/α-hetero) is 1. The largest absolute Gasteiger partial charge is 0.493 e. The first-order valence-corrected chi connectivity index (χ1v) is 10.0. The second-order valence-electron chi connectivity index (χ2n) is 6.86. The van der Waals surface area contributed by atoms with Crippen LogP contribution in [0.1, 0.15) is 31.0 Å². The maximum atomic E-state index is 14.2. The smallest absolute Gasteiger partial charge is 0.173 e. The Balaban J connectivity index is 2.08. The summed E-state index contributed by atoms with van der Waals surface area (Å²) in [4.78, 5) is 14.2. The minimum Gasteiger partial charge on any atom is -0.493 e. The minimum atomic E-state index is -0.535. The molecule has 1 atom stereocenters. The van der Waals surface area contributed by atoms with Crippen molar-refractivity contribution in [1.29, 1.82) is 0 Å². The van der Waals surface area contributed by atoms with E-state index in [4.69, 9.17) is 33.3 Å². The lowest BCUT2D eigenvalue weighted by Crippen LogP contribution is -2.45. The van der Waals surface area contributed by atoms with E-state index < -0.39 is 11.9 Å². The molecular formula is C22H22ClFN2O3S. The molecule has 1 heterocycles. The van der Waals surface area contributed by atoms with Crippen LogP contribution in [0.2, 0.25) is 5.02 Å². The van der Waals surface area contributed by atoms with Gasteiger partial charge < -0.3 is 19.7 Å². The van der Waals surface area contributed by atoms with E-state index in [-0.39, 0.29) is 23.0 Å². The summed E-state index contributed by atoms with van der Waals surface area (Å²) in [5.41, 5.74) is 2.21. The summed E-state index contributed by atoms with van der Waals surface area (Å²) in [6.07, 6.45) is 0. The molecule has 3 rings (SSSR count). The lowest BCUT2D eigenvalue weighted by Gasteiger charge is -2.36. The van der Waals surface area contributed by atoms with E-state index in [2.05, 4.69) is 5.32 Å². The highest BCUT2D eigenvalue weighted by atomic mass is 35.5. The second-order valence-corrected chi connectivity index (χ2v) is 7.66. The minimum absolute atomic E-state index is 0.0923. The fourth-order valence-corrected chi connectivity index (χ4v) is 3.89. The lowest BCUT2D eigenvalue weighted by molar-refractivity contribution is -0.114. The van der Waals surface area contributed by atoms with E-state index in [1.807, 2.05) is 13.0 Å². The molecule has 0 spiro atoms. The van der Waals surface area contributed by atoms with Crippen LogP contribution in [0, 0.1) is 5.82 Å². The summed E-state index contributed by atoms with van der Waals surface area (Å²) < 4.78 is 25.7. The van der Waals surface area contributed by atoms with Gasteiger partial charge >= 0.3 is 0 Å². The van der Waals surface area contributed by atoms with Crippen LogP contribution in [0.15, 0.2) is 47.7 Å². The Morgan fingerprint density at radius 3 is 2.63 bits per heavy atom. The summed E-state index contributed by atoms with van der Waals surface area (Å²) in [7, 11) is 3.31. The number of allylic oxidation sites excluding steroid dienone is 1. The van der Waals surface area contributed by atoms with Crippen molar-refractivity contribution in [1.82, 2.24) is 10.2 Å². The number of ether oxygens (including phenoxy) is 2. The van der Waals surface area contributed by atoms with Gasteiger partial charge in [0, 0.05) is 29.4 Å². The first-order chi connectivity index (χ1) is 14.3. The molecule has 0 saturated carbocycles. The molecule has 8 heteroatoms. The number of carbonyl (C=O) groups excluding carboxylic acids is 1. The zero-order valence-corrected chi connectivity index (χ0v) is 18.7. The molecule has 5 nitrogen and oxygen atoms in total. The lowest BCUT2D eigenvalue weighted by atomic mass is 9.92. The van der Waals surface area contributed by atoms with Crippen molar-refractivity contribution in [2.75, 3.05) is 14.2 Å². The van der Waals surface area contributed by atoms with Gasteiger partial charge in [0.2, 0.25) is 0 Å². The number of para-hydroxylation sites is 1. The molecule has 1 N–H and O–H groups in total. The van der Waals surface area contributed by atoms with Crippen LogP contribution in [0.5, 0.6) is 11.5 Å². The summed E-state index contributed by atoms with van der Waals surface area (Å²) in [5.74, 6) is 0.283. The second kappa shape index (κ2) is 9.02. The number of nitrogens with one attached hydrogen (secondary N) is 1. The number of carbonyl (C=O) groups is 1. The quantitative estimate of drug-likeness (QED) is 0.641. The van der Waals surface area contributed by atoms with Crippen LogP contribution in [0.4, 0.5) is 4.39 Å². The van der Waals surface area contributed by atoms with Gasteiger partial charge in [0.25, 0.3) is 0 Å². The molecule has 0 aromatic heterocycles. The number of rotatable bonds is 6. The molecule has 1 aliphatic heterocycles. The molecule has 0 saturated heterocycles. The fraction of sp³-hybridized carbons (Fsp3) is 0.273. The van der Waals surface area contributed by atoms with Crippen molar-refractivity contribution in [3.63, 3.8) is 0 Å². The van der Waals surface area contributed by atoms with Crippen LogP contribution in [0.3, 0.4) is 0 Å². The summed E-state index contributed by atoms with van der Waals surface area (Å²) in [5, 5.41) is 3.95. The monoisotopic (exact) mass is 448 g/mol. The Labute approximate surface area is 185 Å². The summed E-state index contributed by atoms with van der Waals surface area (Å²) >= 11 is 11.6. The van der Waals surface area contributed by atoms with Crippen LogP contribution < -0.4 is 14.8 Å². The van der Waals surface area contributed by atoms with Crippen LogP contribution in [0.25, 0.3) is 0 Å². The Hall–Kier alpha value is -2.64. The van der Waals surface area contributed by atoms with Crippen molar-refractivity contribution < 1.29 is 18.7 Å². The molecule has 2 aromatic carbocycles. The molecular weight excluding hydrogens is 427 g/mol. The highest BCUT2D eigenvalue weighted by Gasteiger charge is 2.33. The predicted octanol–water partition coefficient (Wildman–Crippen LogP) is 4.79. The van der Waals surface area contributed by atoms with Crippen molar-refractivity contribution in [3.05, 3.63) is 69.6 Å².